The molecule has 1 aliphatic rings. The van der Waals surface area contributed by atoms with Crippen LogP contribution < -0.4 is 10.6 Å². The lowest BCUT2D eigenvalue weighted by Gasteiger charge is -2.37. The number of hydrogen-bond donors (Lipinski definition) is 1. The van der Waals surface area contributed by atoms with Gasteiger partial charge in [0.2, 0.25) is 0 Å². The summed E-state index contributed by atoms with van der Waals surface area (Å²) in [6, 6.07) is 3.60. The highest BCUT2D eigenvalue weighted by Crippen LogP contribution is 2.36. The summed E-state index contributed by atoms with van der Waals surface area (Å²) in [4.78, 5) is 2.07. The van der Waals surface area contributed by atoms with Crippen LogP contribution in [0.15, 0.2) is 18.2 Å². The molecule has 1 aromatic carbocycles. The molecule has 0 spiro atoms. The molecule has 1 aliphatic heterocycles. The second-order valence-corrected chi connectivity index (χ2v) is 6.82. The monoisotopic (exact) mass is 290 g/mol. The summed E-state index contributed by atoms with van der Waals surface area (Å²) in [6.07, 6.45) is -4.34. The minimum absolute atomic E-state index is 0.195. The number of nitrogens with two attached hydrogens (primary N) is 1. The number of halogens is 3. The Hall–Kier alpha value is -1.04. The molecule has 19 heavy (non-hydrogen) atoms. The number of benzene rings is 1. The zero-order valence-corrected chi connectivity index (χ0v) is 11.7. The average molecular weight is 290 g/mol. The zero-order valence-electron chi connectivity index (χ0n) is 10.9. The van der Waals surface area contributed by atoms with Gasteiger partial charge in [-0.25, -0.2) is 0 Å². The number of anilines is 2. The Bertz CT molecular complexity index is 452. The van der Waals surface area contributed by atoms with E-state index in [1.54, 1.807) is 0 Å². The smallest absolute Gasteiger partial charge is 0.397 e. The summed E-state index contributed by atoms with van der Waals surface area (Å²) >= 11 is 1.89. The minimum Gasteiger partial charge on any atom is -0.397 e. The maximum Gasteiger partial charge on any atom is 0.416 e. The van der Waals surface area contributed by atoms with Gasteiger partial charge in [-0.05, 0) is 18.2 Å². The largest absolute Gasteiger partial charge is 0.416 e. The third-order valence-corrected chi connectivity index (χ3v) is 4.34. The molecule has 106 valence electrons. The predicted molar refractivity (Wildman–Crippen MR) is 74.6 cm³/mol. The standard InChI is InChI=1S/C13H17F3N2S/c1-8-6-18(7-9(2)19-8)12-4-3-10(5-11(12)17)13(14,15)16/h3-5,8-9H,6-7,17H2,1-2H3. The van der Waals surface area contributed by atoms with Gasteiger partial charge in [0.15, 0.2) is 0 Å². The SMILES string of the molecule is CC1CN(c2ccc(C(F)(F)F)cc2N)CC(C)S1. The lowest BCUT2D eigenvalue weighted by Crippen LogP contribution is -2.40. The van der Waals surface area contributed by atoms with Crippen LogP contribution in [0, 0.1) is 0 Å². The zero-order chi connectivity index (χ0) is 14.2. The van der Waals surface area contributed by atoms with Gasteiger partial charge in [0, 0.05) is 23.6 Å². The first kappa shape index (κ1) is 14.4. The molecule has 2 unspecified atom stereocenters. The summed E-state index contributed by atoms with van der Waals surface area (Å²) in [6.45, 7) is 5.86. The van der Waals surface area contributed by atoms with Gasteiger partial charge in [0.25, 0.3) is 0 Å². The minimum atomic E-state index is -4.34. The third kappa shape index (κ3) is 3.29. The van der Waals surface area contributed by atoms with Crippen LogP contribution >= 0.6 is 11.8 Å². The van der Waals surface area contributed by atoms with Gasteiger partial charge in [0.05, 0.1) is 16.9 Å². The summed E-state index contributed by atoms with van der Waals surface area (Å²) in [5.41, 5.74) is 5.99. The van der Waals surface area contributed by atoms with Crippen molar-refractivity contribution < 1.29 is 13.2 Å². The van der Waals surface area contributed by atoms with Crippen molar-refractivity contribution in [3.05, 3.63) is 23.8 Å². The van der Waals surface area contributed by atoms with Crippen molar-refractivity contribution in [2.75, 3.05) is 23.7 Å². The van der Waals surface area contributed by atoms with E-state index in [0.717, 1.165) is 25.2 Å². The van der Waals surface area contributed by atoms with Crippen LogP contribution in [0.4, 0.5) is 24.5 Å². The maximum atomic E-state index is 12.6. The topological polar surface area (TPSA) is 29.3 Å². The Kier molecular flexibility index (Phi) is 3.90. The van der Waals surface area contributed by atoms with Crippen LogP contribution in [0.25, 0.3) is 0 Å². The summed E-state index contributed by atoms with van der Waals surface area (Å²) < 4.78 is 37.8. The van der Waals surface area contributed by atoms with Gasteiger partial charge in [-0.1, -0.05) is 13.8 Å². The van der Waals surface area contributed by atoms with E-state index in [9.17, 15) is 13.2 Å². The Labute approximate surface area is 115 Å². The second kappa shape index (κ2) is 5.15. The molecule has 0 radical (unpaired) electrons. The molecule has 0 bridgehead atoms. The van der Waals surface area contributed by atoms with Crippen molar-refractivity contribution in [2.45, 2.75) is 30.5 Å². The van der Waals surface area contributed by atoms with Gasteiger partial charge >= 0.3 is 6.18 Å². The molecular formula is C13H17F3N2S. The van der Waals surface area contributed by atoms with E-state index in [-0.39, 0.29) is 5.69 Å². The van der Waals surface area contributed by atoms with Gasteiger partial charge < -0.3 is 10.6 Å². The molecule has 0 amide bonds. The van der Waals surface area contributed by atoms with Gasteiger partial charge in [0.1, 0.15) is 0 Å². The molecule has 0 saturated carbocycles. The molecule has 2 nitrogen and oxygen atoms in total. The molecule has 2 N–H and O–H groups in total. The molecule has 2 rings (SSSR count). The Balaban J connectivity index is 2.26. The highest BCUT2D eigenvalue weighted by atomic mass is 32.2. The van der Waals surface area contributed by atoms with Crippen LogP contribution in [-0.2, 0) is 6.18 Å². The van der Waals surface area contributed by atoms with E-state index in [1.807, 2.05) is 11.8 Å². The predicted octanol–water partition coefficient (Wildman–Crippen LogP) is 3.62. The van der Waals surface area contributed by atoms with Crippen LogP contribution in [0.5, 0.6) is 0 Å². The average Bonchev–Trinajstić information content (AvgIpc) is 2.26. The fourth-order valence-corrected chi connectivity index (χ4v) is 3.72. The Morgan fingerprint density at radius 1 is 1.21 bits per heavy atom. The molecular weight excluding hydrogens is 273 g/mol. The number of nitrogens with zero attached hydrogens (tertiary/aromatic N) is 1. The number of alkyl halides is 3. The lowest BCUT2D eigenvalue weighted by molar-refractivity contribution is -0.137. The first-order chi connectivity index (χ1) is 8.77. The van der Waals surface area contributed by atoms with E-state index in [2.05, 4.69) is 18.7 Å². The van der Waals surface area contributed by atoms with Crippen LogP contribution in [0.1, 0.15) is 19.4 Å². The molecule has 1 heterocycles. The molecule has 1 aromatic rings. The Morgan fingerprint density at radius 3 is 2.26 bits per heavy atom. The number of hydrogen-bond acceptors (Lipinski definition) is 3. The van der Waals surface area contributed by atoms with Crippen molar-refractivity contribution in [2.24, 2.45) is 0 Å². The van der Waals surface area contributed by atoms with E-state index in [0.29, 0.717) is 16.2 Å². The van der Waals surface area contributed by atoms with Crippen molar-refractivity contribution in [3.63, 3.8) is 0 Å². The number of thioether (sulfide) groups is 1. The quantitative estimate of drug-likeness (QED) is 0.801. The van der Waals surface area contributed by atoms with E-state index < -0.39 is 11.7 Å². The Morgan fingerprint density at radius 2 is 1.79 bits per heavy atom. The fourth-order valence-electron chi connectivity index (χ4n) is 2.39. The van der Waals surface area contributed by atoms with E-state index in [4.69, 9.17) is 5.73 Å². The molecule has 1 fully saturated rings. The third-order valence-electron chi connectivity index (χ3n) is 3.12. The van der Waals surface area contributed by atoms with Crippen molar-refractivity contribution in [1.82, 2.24) is 0 Å². The van der Waals surface area contributed by atoms with Gasteiger partial charge in [-0.3, -0.25) is 0 Å². The van der Waals surface area contributed by atoms with Crippen molar-refractivity contribution in [3.8, 4) is 0 Å². The van der Waals surface area contributed by atoms with Crippen molar-refractivity contribution in [1.29, 1.82) is 0 Å². The van der Waals surface area contributed by atoms with E-state index in [1.165, 1.54) is 6.07 Å². The first-order valence-corrected chi connectivity index (χ1v) is 7.09. The molecule has 6 heteroatoms. The van der Waals surface area contributed by atoms with E-state index >= 15 is 0 Å². The molecule has 0 aromatic heterocycles. The first-order valence-electron chi connectivity index (χ1n) is 6.14. The normalized spacial score (nSPS) is 24.6. The van der Waals surface area contributed by atoms with Crippen molar-refractivity contribution >= 4 is 23.1 Å². The number of nitrogen functional groups attached to an aromatic ring is 1. The lowest BCUT2D eigenvalue weighted by atomic mass is 10.1. The maximum absolute atomic E-state index is 12.6. The van der Waals surface area contributed by atoms with Crippen LogP contribution in [-0.4, -0.2) is 23.6 Å². The molecule has 0 aliphatic carbocycles. The molecule has 2 atom stereocenters. The summed E-state index contributed by atoms with van der Waals surface area (Å²) in [5, 5.41) is 0.899. The molecule has 1 saturated heterocycles. The number of rotatable bonds is 1. The fraction of sp³-hybridized carbons (Fsp3) is 0.538. The summed E-state index contributed by atoms with van der Waals surface area (Å²) in [5.74, 6) is 0. The second-order valence-electron chi connectivity index (χ2n) is 4.93. The summed E-state index contributed by atoms with van der Waals surface area (Å²) in [7, 11) is 0. The van der Waals surface area contributed by atoms with Crippen LogP contribution in [0.2, 0.25) is 0 Å². The van der Waals surface area contributed by atoms with Gasteiger partial charge in [-0.2, -0.15) is 24.9 Å². The van der Waals surface area contributed by atoms with Gasteiger partial charge in [-0.15, -0.1) is 0 Å². The highest BCUT2D eigenvalue weighted by Gasteiger charge is 2.31. The van der Waals surface area contributed by atoms with Crippen LogP contribution in [0.3, 0.4) is 0 Å². The highest BCUT2D eigenvalue weighted by molar-refractivity contribution is 8.00.